The molecule has 4 rings (SSSR count). The summed E-state index contributed by atoms with van der Waals surface area (Å²) in [5.41, 5.74) is 1.13. The summed E-state index contributed by atoms with van der Waals surface area (Å²) in [6.07, 6.45) is 5.69. The van der Waals surface area contributed by atoms with Crippen LogP contribution in [0.4, 0.5) is 5.82 Å². The molecule has 1 atom stereocenters. The molecular formula is C18H14N2O. The fraction of sp³-hybridized carbons (Fsp3) is 0.0556. The van der Waals surface area contributed by atoms with Crippen molar-refractivity contribution in [3.8, 4) is 5.75 Å². The van der Waals surface area contributed by atoms with E-state index in [1.807, 2.05) is 36.4 Å². The number of benzene rings is 2. The normalized spacial score (nSPS) is 16.3. The zero-order valence-corrected chi connectivity index (χ0v) is 11.4. The van der Waals surface area contributed by atoms with E-state index in [-0.39, 0.29) is 6.23 Å². The number of aromatic nitrogens is 1. The summed E-state index contributed by atoms with van der Waals surface area (Å²) < 4.78 is 6.01. The van der Waals surface area contributed by atoms with Crippen molar-refractivity contribution in [1.29, 1.82) is 0 Å². The quantitative estimate of drug-likeness (QED) is 0.764. The lowest BCUT2D eigenvalue weighted by Crippen LogP contribution is -2.26. The van der Waals surface area contributed by atoms with E-state index in [0.717, 1.165) is 17.1 Å². The molecular weight excluding hydrogens is 260 g/mol. The monoisotopic (exact) mass is 274 g/mol. The lowest BCUT2D eigenvalue weighted by atomic mass is 10.0. The van der Waals surface area contributed by atoms with Crippen LogP contribution in [-0.4, -0.2) is 11.2 Å². The molecule has 1 aliphatic heterocycles. The molecule has 1 aromatic heterocycles. The van der Waals surface area contributed by atoms with Crippen LogP contribution in [-0.2, 0) is 0 Å². The molecule has 0 saturated carbocycles. The summed E-state index contributed by atoms with van der Waals surface area (Å²) in [5, 5.41) is 5.68. The number of rotatable bonds is 2. The number of nitrogens with one attached hydrogen (secondary N) is 1. The first-order valence-corrected chi connectivity index (χ1v) is 6.94. The predicted octanol–water partition coefficient (Wildman–Crippen LogP) is 4.08. The van der Waals surface area contributed by atoms with Crippen molar-refractivity contribution in [3.63, 3.8) is 0 Å². The first-order valence-electron chi connectivity index (χ1n) is 6.94. The van der Waals surface area contributed by atoms with Gasteiger partial charge in [-0.25, -0.2) is 4.98 Å². The van der Waals surface area contributed by atoms with Crippen LogP contribution in [0.1, 0.15) is 5.56 Å². The van der Waals surface area contributed by atoms with Crippen LogP contribution in [0.25, 0.3) is 16.8 Å². The van der Waals surface area contributed by atoms with Gasteiger partial charge in [-0.2, -0.15) is 0 Å². The van der Waals surface area contributed by atoms with E-state index >= 15 is 0 Å². The van der Waals surface area contributed by atoms with E-state index < -0.39 is 0 Å². The predicted molar refractivity (Wildman–Crippen MR) is 85.3 cm³/mol. The van der Waals surface area contributed by atoms with Gasteiger partial charge in [-0.15, -0.1) is 0 Å². The Hall–Kier alpha value is -2.81. The summed E-state index contributed by atoms with van der Waals surface area (Å²) in [7, 11) is 0. The number of ether oxygens (including phenoxy) is 1. The maximum absolute atomic E-state index is 6.01. The summed E-state index contributed by atoms with van der Waals surface area (Å²) in [4.78, 5) is 4.25. The second-order valence-electron chi connectivity index (χ2n) is 4.96. The molecule has 1 unspecified atom stereocenters. The first-order chi connectivity index (χ1) is 10.4. The number of nitrogens with zero attached hydrogens (tertiary/aromatic N) is 1. The van der Waals surface area contributed by atoms with Crippen LogP contribution in [0.3, 0.4) is 0 Å². The Balaban J connectivity index is 1.66. The third-order valence-corrected chi connectivity index (χ3v) is 3.58. The van der Waals surface area contributed by atoms with Crippen LogP contribution in [0.2, 0.25) is 0 Å². The van der Waals surface area contributed by atoms with E-state index in [0.29, 0.717) is 0 Å². The zero-order chi connectivity index (χ0) is 14.1. The molecule has 0 spiro atoms. The molecule has 0 amide bonds. The fourth-order valence-corrected chi connectivity index (χ4v) is 2.58. The van der Waals surface area contributed by atoms with E-state index in [1.54, 1.807) is 6.20 Å². The van der Waals surface area contributed by atoms with Gasteiger partial charge in [0.2, 0.25) is 0 Å². The topological polar surface area (TPSA) is 34.2 Å². The average Bonchev–Trinajstić information content (AvgIpc) is 2.55. The van der Waals surface area contributed by atoms with Crippen molar-refractivity contribution in [3.05, 3.63) is 72.4 Å². The molecule has 1 aliphatic rings. The maximum Gasteiger partial charge on any atom is 0.190 e. The highest BCUT2D eigenvalue weighted by molar-refractivity contribution is 5.93. The molecule has 0 saturated heterocycles. The number of fused-ring (bicyclic) bond motifs is 3. The standard InChI is InChI=1S/C18H14N2O/c1-2-6-14-13(5-1)8-10-16-15(14)9-11-18(21-16)20-17-7-3-4-12-19-17/h1-12,18H,(H,19,20). The van der Waals surface area contributed by atoms with Crippen molar-refractivity contribution < 1.29 is 4.74 Å². The average molecular weight is 274 g/mol. The Labute approximate surface area is 122 Å². The number of pyridine rings is 1. The van der Waals surface area contributed by atoms with Crippen LogP contribution in [0, 0.1) is 0 Å². The zero-order valence-electron chi connectivity index (χ0n) is 11.4. The minimum absolute atomic E-state index is 0.200. The number of anilines is 1. The molecule has 2 aromatic carbocycles. The molecule has 102 valence electrons. The van der Waals surface area contributed by atoms with Gasteiger partial charge in [-0.3, -0.25) is 0 Å². The summed E-state index contributed by atoms with van der Waals surface area (Å²) in [6, 6.07) is 18.2. The van der Waals surface area contributed by atoms with Crippen molar-refractivity contribution in [2.45, 2.75) is 6.23 Å². The van der Waals surface area contributed by atoms with Gasteiger partial charge in [0.05, 0.1) is 0 Å². The molecule has 0 aliphatic carbocycles. The minimum Gasteiger partial charge on any atom is -0.466 e. The Morgan fingerprint density at radius 2 is 1.86 bits per heavy atom. The first kappa shape index (κ1) is 12.0. The van der Waals surface area contributed by atoms with E-state index in [1.165, 1.54) is 10.8 Å². The third-order valence-electron chi connectivity index (χ3n) is 3.58. The van der Waals surface area contributed by atoms with Crippen LogP contribution < -0.4 is 10.1 Å². The highest BCUT2D eigenvalue weighted by atomic mass is 16.5. The van der Waals surface area contributed by atoms with Gasteiger partial charge in [0.25, 0.3) is 0 Å². The molecule has 3 aromatic rings. The van der Waals surface area contributed by atoms with E-state index in [2.05, 4.69) is 40.6 Å². The van der Waals surface area contributed by atoms with Gasteiger partial charge >= 0.3 is 0 Å². The molecule has 1 N–H and O–H groups in total. The van der Waals surface area contributed by atoms with Crippen LogP contribution >= 0.6 is 0 Å². The molecule has 3 nitrogen and oxygen atoms in total. The van der Waals surface area contributed by atoms with E-state index in [9.17, 15) is 0 Å². The fourth-order valence-electron chi connectivity index (χ4n) is 2.58. The van der Waals surface area contributed by atoms with Gasteiger partial charge in [-0.1, -0.05) is 36.4 Å². The molecule has 21 heavy (non-hydrogen) atoms. The highest BCUT2D eigenvalue weighted by Crippen LogP contribution is 2.32. The van der Waals surface area contributed by atoms with Gasteiger partial charge in [0, 0.05) is 11.8 Å². The smallest absolute Gasteiger partial charge is 0.190 e. The second kappa shape index (κ2) is 4.94. The minimum atomic E-state index is -0.200. The van der Waals surface area contributed by atoms with Crippen molar-refractivity contribution in [2.75, 3.05) is 5.32 Å². The lowest BCUT2D eigenvalue weighted by Gasteiger charge is -2.23. The third kappa shape index (κ3) is 2.23. The van der Waals surface area contributed by atoms with Crippen molar-refractivity contribution in [1.82, 2.24) is 4.98 Å². The number of hydrogen-bond acceptors (Lipinski definition) is 3. The molecule has 0 bridgehead atoms. The Kier molecular flexibility index (Phi) is 2.82. The van der Waals surface area contributed by atoms with Gasteiger partial charge in [0.15, 0.2) is 6.23 Å². The molecule has 2 heterocycles. The van der Waals surface area contributed by atoms with Gasteiger partial charge in [-0.05, 0) is 41.1 Å². The van der Waals surface area contributed by atoms with Crippen LogP contribution in [0.15, 0.2) is 66.9 Å². The maximum atomic E-state index is 6.01. The molecule has 0 fully saturated rings. The lowest BCUT2D eigenvalue weighted by molar-refractivity contribution is 0.274. The largest absolute Gasteiger partial charge is 0.466 e. The summed E-state index contributed by atoms with van der Waals surface area (Å²) in [6.45, 7) is 0. The molecule has 3 heteroatoms. The Morgan fingerprint density at radius 1 is 0.952 bits per heavy atom. The Morgan fingerprint density at radius 3 is 2.76 bits per heavy atom. The van der Waals surface area contributed by atoms with Gasteiger partial charge < -0.3 is 10.1 Å². The number of hydrogen-bond donors (Lipinski definition) is 1. The Bertz CT molecular complexity index is 812. The van der Waals surface area contributed by atoms with Crippen molar-refractivity contribution in [2.24, 2.45) is 0 Å². The second-order valence-corrected chi connectivity index (χ2v) is 4.96. The summed E-state index contributed by atoms with van der Waals surface area (Å²) >= 11 is 0. The van der Waals surface area contributed by atoms with Crippen molar-refractivity contribution >= 4 is 22.7 Å². The molecule has 0 radical (unpaired) electrons. The SMILES string of the molecule is C1=CC(Nc2ccccn2)Oc2ccc3ccccc3c21. The highest BCUT2D eigenvalue weighted by Gasteiger charge is 2.16. The van der Waals surface area contributed by atoms with Crippen LogP contribution in [0.5, 0.6) is 5.75 Å². The van der Waals surface area contributed by atoms with E-state index in [4.69, 9.17) is 4.74 Å². The van der Waals surface area contributed by atoms with Gasteiger partial charge in [0.1, 0.15) is 11.6 Å². The summed E-state index contributed by atoms with van der Waals surface area (Å²) in [5.74, 6) is 1.70.